The Morgan fingerprint density at radius 3 is 2.38 bits per heavy atom. The van der Waals surface area contributed by atoms with Crippen molar-refractivity contribution in [3.8, 4) is 11.3 Å². The van der Waals surface area contributed by atoms with E-state index >= 15 is 0 Å². The molecule has 0 amide bonds. The van der Waals surface area contributed by atoms with Gasteiger partial charge in [0.2, 0.25) is 0 Å². The molecular formula is C21H13BrN2. The minimum absolute atomic E-state index is 0.983. The van der Waals surface area contributed by atoms with E-state index in [-0.39, 0.29) is 0 Å². The Morgan fingerprint density at radius 2 is 1.50 bits per heavy atom. The molecule has 0 N–H and O–H groups in total. The third kappa shape index (κ3) is 1.98. The number of nitrogens with zero attached hydrogens (tertiary/aromatic N) is 2. The molecule has 0 saturated heterocycles. The zero-order chi connectivity index (χ0) is 16.1. The molecule has 5 rings (SSSR count). The fourth-order valence-electron chi connectivity index (χ4n) is 3.35. The Hall–Kier alpha value is -2.65. The van der Waals surface area contributed by atoms with Crippen molar-refractivity contribution in [1.29, 1.82) is 0 Å². The van der Waals surface area contributed by atoms with E-state index in [0.29, 0.717) is 0 Å². The molecule has 2 heterocycles. The minimum Gasteiger partial charge on any atom is -0.306 e. The van der Waals surface area contributed by atoms with E-state index in [1.807, 2.05) is 6.07 Å². The van der Waals surface area contributed by atoms with Gasteiger partial charge in [0.1, 0.15) is 0 Å². The van der Waals surface area contributed by atoms with Gasteiger partial charge in [-0.05, 0) is 30.3 Å². The molecule has 2 aromatic heterocycles. The van der Waals surface area contributed by atoms with Gasteiger partial charge < -0.3 is 4.40 Å². The van der Waals surface area contributed by atoms with Crippen LogP contribution < -0.4 is 0 Å². The van der Waals surface area contributed by atoms with Gasteiger partial charge in [0.05, 0.1) is 27.8 Å². The highest BCUT2D eigenvalue weighted by atomic mass is 79.9. The van der Waals surface area contributed by atoms with Crippen molar-refractivity contribution < 1.29 is 0 Å². The quantitative estimate of drug-likeness (QED) is 0.349. The highest BCUT2D eigenvalue weighted by Crippen LogP contribution is 2.32. The van der Waals surface area contributed by atoms with Crippen LogP contribution in [-0.2, 0) is 0 Å². The van der Waals surface area contributed by atoms with Crippen LogP contribution in [0.3, 0.4) is 0 Å². The molecule has 0 bridgehead atoms. The molecule has 0 aliphatic carbocycles. The molecule has 0 aliphatic rings. The number of aromatic nitrogens is 2. The van der Waals surface area contributed by atoms with E-state index in [2.05, 4.69) is 93.1 Å². The van der Waals surface area contributed by atoms with E-state index in [0.717, 1.165) is 32.3 Å². The third-order valence-corrected chi connectivity index (χ3v) is 4.90. The van der Waals surface area contributed by atoms with E-state index in [1.54, 1.807) is 0 Å². The van der Waals surface area contributed by atoms with Gasteiger partial charge in [-0.15, -0.1) is 0 Å². The van der Waals surface area contributed by atoms with Crippen LogP contribution in [0.4, 0.5) is 0 Å². The summed E-state index contributed by atoms with van der Waals surface area (Å²) in [7, 11) is 0. The normalized spacial score (nSPS) is 11.5. The Bertz CT molecular complexity index is 1210. The highest BCUT2D eigenvalue weighted by Gasteiger charge is 2.13. The number of para-hydroxylation sites is 1. The summed E-state index contributed by atoms with van der Waals surface area (Å²) in [5.41, 5.74) is 6.59. The summed E-state index contributed by atoms with van der Waals surface area (Å²) >= 11 is 3.57. The van der Waals surface area contributed by atoms with Gasteiger partial charge in [-0.1, -0.05) is 64.5 Å². The first kappa shape index (κ1) is 13.8. The minimum atomic E-state index is 0.983. The highest BCUT2D eigenvalue weighted by molar-refractivity contribution is 9.10. The molecule has 5 aromatic rings. The molecule has 114 valence electrons. The fraction of sp³-hybridized carbons (Fsp3) is 0. The van der Waals surface area contributed by atoms with Crippen molar-refractivity contribution >= 4 is 43.4 Å². The van der Waals surface area contributed by atoms with Crippen molar-refractivity contribution in [2.45, 2.75) is 0 Å². The second-order valence-corrected chi connectivity index (χ2v) is 6.80. The Balaban J connectivity index is 2.05. The average molecular weight is 373 g/mol. The molecule has 0 aliphatic heterocycles. The summed E-state index contributed by atoms with van der Waals surface area (Å²) in [6.45, 7) is 0. The molecule has 0 radical (unpaired) electrons. The second-order valence-electron chi connectivity index (χ2n) is 5.88. The standard InChI is InChI=1S/C21H13BrN2/c22-16-10-11-19-17(13-16)23-21(14-6-2-1-3-7-14)20-12-15-8-4-5-9-18(15)24(19)20/h1-13H. The topological polar surface area (TPSA) is 17.3 Å². The van der Waals surface area contributed by atoms with Gasteiger partial charge in [0.15, 0.2) is 0 Å². The van der Waals surface area contributed by atoms with Crippen molar-refractivity contribution in [1.82, 2.24) is 9.38 Å². The van der Waals surface area contributed by atoms with Crippen LogP contribution >= 0.6 is 15.9 Å². The zero-order valence-electron chi connectivity index (χ0n) is 12.8. The van der Waals surface area contributed by atoms with Gasteiger partial charge in [-0.3, -0.25) is 0 Å². The first-order chi connectivity index (χ1) is 11.8. The molecule has 0 unspecified atom stereocenters. The smallest absolute Gasteiger partial charge is 0.0950 e. The monoisotopic (exact) mass is 372 g/mol. The Kier molecular flexibility index (Phi) is 2.97. The van der Waals surface area contributed by atoms with Crippen LogP contribution in [0.1, 0.15) is 0 Å². The van der Waals surface area contributed by atoms with Crippen molar-refractivity contribution in [3.05, 3.63) is 83.3 Å². The number of hydrogen-bond donors (Lipinski definition) is 0. The van der Waals surface area contributed by atoms with Crippen LogP contribution in [0.15, 0.2) is 83.3 Å². The molecular weight excluding hydrogens is 360 g/mol. The second kappa shape index (κ2) is 5.18. The number of halogens is 1. The summed E-state index contributed by atoms with van der Waals surface area (Å²) in [4.78, 5) is 4.98. The lowest BCUT2D eigenvalue weighted by atomic mass is 10.1. The Labute approximate surface area is 147 Å². The van der Waals surface area contributed by atoms with Crippen LogP contribution in [0, 0.1) is 0 Å². The van der Waals surface area contributed by atoms with Gasteiger partial charge in [0, 0.05) is 15.4 Å². The lowest BCUT2D eigenvalue weighted by Crippen LogP contribution is -1.95. The maximum Gasteiger partial charge on any atom is 0.0950 e. The molecule has 24 heavy (non-hydrogen) atoms. The number of hydrogen-bond acceptors (Lipinski definition) is 1. The number of fused-ring (bicyclic) bond motifs is 5. The SMILES string of the molecule is Brc1ccc2c(c1)nc(-c1ccccc1)c1cc3ccccc3n12. The van der Waals surface area contributed by atoms with Gasteiger partial charge in [-0.25, -0.2) is 4.98 Å². The third-order valence-electron chi connectivity index (χ3n) is 4.41. The van der Waals surface area contributed by atoms with Crippen LogP contribution in [-0.4, -0.2) is 9.38 Å². The molecule has 0 saturated carbocycles. The van der Waals surface area contributed by atoms with Gasteiger partial charge in [0.25, 0.3) is 0 Å². The molecule has 0 atom stereocenters. The van der Waals surface area contributed by atoms with E-state index in [9.17, 15) is 0 Å². The summed E-state index contributed by atoms with van der Waals surface area (Å²) in [6, 6.07) is 27.4. The van der Waals surface area contributed by atoms with Crippen molar-refractivity contribution in [2.24, 2.45) is 0 Å². The predicted molar refractivity (Wildman–Crippen MR) is 103 cm³/mol. The molecule has 2 nitrogen and oxygen atoms in total. The predicted octanol–water partition coefficient (Wildman–Crippen LogP) is 6.07. The largest absolute Gasteiger partial charge is 0.306 e. The van der Waals surface area contributed by atoms with E-state index in [4.69, 9.17) is 4.98 Å². The maximum absolute atomic E-state index is 4.98. The first-order valence-corrected chi connectivity index (χ1v) is 8.65. The van der Waals surface area contributed by atoms with E-state index < -0.39 is 0 Å². The van der Waals surface area contributed by atoms with Crippen LogP contribution in [0.2, 0.25) is 0 Å². The summed E-state index contributed by atoms with van der Waals surface area (Å²) in [5, 5.41) is 1.23. The van der Waals surface area contributed by atoms with Crippen molar-refractivity contribution in [3.63, 3.8) is 0 Å². The number of rotatable bonds is 1. The summed E-state index contributed by atoms with van der Waals surface area (Å²) in [5.74, 6) is 0. The van der Waals surface area contributed by atoms with Gasteiger partial charge in [-0.2, -0.15) is 0 Å². The Morgan fingerprint density at radius 1 is 0.708 bits per heavy atom. The molecule has 0 spiro atoms. The average Bonchev–Trinajstić information content (AvgIpc) is 3.01. The summed E-state index contributed by atoms with van der Waals surface area (Å²) in [6.07, 6.45) is 0. The van der Waals surface area contributed by atoms with Crippen LogP contribution in [0.5, 0.6) is 0 Å². The van der Waals surface area contributed by atoms with Crippen molar-refractivity contribution in [2.75, 3.05) is 0 Å². The molecule has 0 fully saturated rings. The fourth-order valence-corrected chi connectivity index (χ4v) is 3.70. The zero-order valence-corrected chi connectivity index (χ0v) is 14.4. The lowest BCUT2D eigenvalue weighted by Gasteiger charge is -2.10. The van der Waals surface area contributed by atoms with E-state index in [1.165, 1.54) is 10.9 Å². The number of benzene rings is 3. The lowest BCUT2D eigenvalue weighted by molar-refractivity contribution is 1.27. The van der Waals surface area contributed by atoms with Crippen LogP contribution in [0.25, 0.3) is 38.7 Å². The summed E-state index contributed by atoms with van der Waals surface area (Å²) < 4.78 is 3.35. The maximum atomic E-state index is 4.98. The van der Waals surface area contributed by atoms with Gasteiger partial charge >= 0.3 is 0 Å². The molecule has 3 heteroatoms. The first-order valence-electron chi connectivity index (χ1n) is 7.86. The molecule has 3 aromatic carbocycles.